The van der Waals surface area contributed by atoms with E-state index >= 15 is 0 Å². The van der Waals surface area contributed by atoms with Gasteiger partial charge in [-0.1, -0.05) is 0 Å². The fourth-order valence-electron chi connectivity index (χ4n) is 0.928. The van der Waals surface area contributed by atoms with E-state index in [2.05, 4.69) is 9.97 Å². The van der Waals surface area contributed by atoms with Crippen LogP contribution in [0.2, 0.25) is 0 Å². The largest absolute Gasteiger partial charge is 0.255 e. The molecular weight excluding hydrogens is 143 g/mol. The Morgan fingerprint density at radius 1 is 1.18 bits per heavy atom. The second kappa shape index (κ2) is 2.27. The maximum atomic E-state index is 12.5. The number of hydrogen-bond donors (Lipinski definition) is 0. The van der Waals surface area contributed by atoms with Gasteiger partial charge in [-0.2, -0.15) is 0 Å². The topological polar surface area (TPSA) is 25.8 Å². The van der Waals surface area contributed by atoms with E-state index < -0.39 is 0 Å². The summed E-state index contributed by atoms with van der Waals surface area (Å²) >= 11 is 0. The molecule has 0 aliphatic carbocycles. The SMILES string of the molecule is Fc1cnc2cccnc2c1. The highest BCUT2D eigenvalue weighted by Crippen LogP contribution is 2.07. The lowest BCUT2D eigenvalue weighted by Gasteiger charge is -1.92. The van der Waals surface area contributed by atoms with Crippen LogP contribution in [0.15, 0.2) is 30.6 Å². The number of halogens is 1. The Kier molecular flexibility index (Phi) is 1.28. The molecule has 0 saturated heterocycles. The van der Waals surface area contributed by atoms with Gasteiger partial charge in [-0.3, -0.25) is 9.97 Å². The van der Waals surface area contributed by atoms with E-state index in [-0.39, 0.29) is 5.82 Å². The maximum Gasteiger partial charge on any atom is 0.143 e. The van der Waals surface area contributed by atoms with Crippen LogP contribution in [-0.2, 0) is 0 Å². The zero-order chi connectivity index (χ0) is 7.68. The zero-order valence-corrected chi connectivity index (χ0v) is 5.66. The van der Waals surface area contributed by atoms with Crippen LogP contribution < -0.4 is 0 Å². The van der Waals surface area contributed by atoms with E-state index in [4.69, 9.17) is 0 Å². The second-order valence-corrected chi connectivity index (χ2v) is 2.20. The molecule has 11 heavy (non-hydrogen) atoms. The monoisotopic (exact) mass is 148 g/mol. The Balaban J connectivity index is 2.83. The van der Waals surface area contributed by atoms with Crippen molar-refractivity contribution in [2.45, 2.75) is 0 Å². The third kappa shape index (κ3) is 1.05. The molecule has 0 unspecified atom stereocenters. The van der Waals surface area contributed by atoms with E-state index in [9.17, 15) is 4.39 Å². The van der Waals surface area contributed by atoms with Crippen LogP contribution >= 0.6 is 0 Å². The normalized spacial score (nSPS) is 10.3. The van der Waals surface area contributed by atoms with E-state index in [1.54, 1.807) is 18.3 Å². The number of pyridine rings is 2. The van der Waals surface area contributed by atoms with E-state index in [0.29, 0.717) is 11.0 Å². The molecule has 0 N–H and O–H groups in total. The van der Waals surface area contributed by atoms with Crippen molar-refractivity contribution in [2.75, 3.05) is 0 Å². The van der Waals surface area contributed by atoms with Gasteiger partial charge in [-0.05, 0) is 12.1 Å². The predicted octanol–water partition coefficient (Wildman–Crippen LogP) is 1.77. The number of aromatic nitrogens is 2. The molecule has 0 bridgehead atoms. The van der Waals surface area contributed by atoms with Crippen LogP contribution in [0.3, 0.4) is 0 Å². The molecule has 2 rings (SSSR count). The minimum absolute atomic E-state index is 0.351. The van der Waals surface area contributed by atoms with Gasteiger partial charge in [0.2, 0.25) is 0 Å². The van der Waals surface area contributed by atoms with Crippen LogP contribution in [-0.4, -0.2) is 9.97 Å². The quantitative estimate of drug-likeness (QED) is 0.569. The van der Waals surface area contributed by atoms with Gasteiger partial charge in [0.05, 0.1) is 17.2 Å². The molecule has 2 aromatic heterocycles. The average molecular weight is 148 g/mol. The molecule has 0 saturated carbocycles. The van der Waals surface area contributed by atoms with E-state index in [1.165, 1.54) is 12.3 Å². The fraction of sp³-hybridized carbons (Fsp3) is 0. The van der Waals surface area contributed by atoms with Gasteiger partial charge in [0, 0.05) is 12.3 Å². The average Bonchev–Trinajstić information content (AvgIpc) is 2.04. The van der Waals surface area contributed by atoms with Gasteiger partial charge < -0.3 is 0 Å². The number of rotatable bonds is 0. The highest BCUT2D eigenvalue weighted by molar-refractivity contribution is 5.72. The first-order valence-electron chi connectivity index (χ1n) is 3.22. The third-order valence-corrected chi connectivity index (χ3v) is 1.42. The molecule has 3 heteroatoms. The Hall–Kier alpha value is -1.51. The molecule has 0 fully saturated rings. The first kappa shape index (κ1) is 6.22. The summed E-state index contributed by atoms with van der Waals surface area (Å²) in [5.74, 6) is -0.351. The summed E-state index contributed by atoms with van der Waals surface area (Å²) in [7, 11) is 0. The molecule has 0 spiro atoms. The number of hydrogen-bond acceptors (Lipinski definition) is 2. The lowest BCUT2D eigenvalue weighted by Crippen LogP contribution is -1.83. The second-order valence-electron chi connectivity index (χ2n) is 2.20. The van der Waals surface area contributed by atoms with Gasteiger partial charge in [0.1, 0.15) is 5.82 Å². The summed E-state index contributed by atoms with van der Waals surface area (Å²) in [4.78, 5) is 7.78. The number of nitrogens with zero attached hydrogens (tertiary/aromatic N) is 2. The lowest BCUT2D eigenvalue weighted by atomic mass is 10.3. The van der Waals surface area contributed by atoms with Gasteiger partial charge in [-0.25, -0.2) is 4.39 Å². The van der Waals surface area contributed by atoms with Crippen molar-refractivity contribution in [3.63, 3.8) is 0 Å². The summed E-state index contributed by atoms with van der Waals surface area (Å²) in [5.41, 5.74) is 1.31. The van der Waals surface area contributed by atoms with Crippen LogP contribution in [0, 0.1) is 5.82 Å². The van der Waals surface area contributed by atoms with E-state index in [1.807, 2.05) is 0 Å². The van der Waals surface area contributed by atoms with Crippen molar-refractivity contribution in [2.24, 2.45) is 0 Å². The van der Waals surface area contributed by atoms with Crippen molar-refractivity contribution in [1.82, 2.24) is 9.97 Å². The van der Waals surface area contributed by atoms with Crippen molar-refractivity contribution in [1.29, 1.82) is 0 Å². The maximum absolute atomic E-state index is 12.5. The number of fused-ring (bicyclic) bond motifs is 1. The standard InChI is InChI=1S/C8H5FN2/c9-6-4-8-7(11-5-6)2-1-3-10-8/h1-5H. The van der Waals surface area contributed by atoms with Crippen molar-refractivity contribution >= 4 is 11.0 Å². The molecule has 0 atom stereocenters. The first-order chi connectivity index (χ1) is 5.36. The van der Waals surface area contributed by atoms with Gasteiger partial charge in [0.15, 0.2) is 0 Å². The summed E-state index contributed by atoms with van der Waals surface area (Å²) < 4.78 is 12.5. The predicted molar refractivity (Wildman–Crippen MR) is 39.5 cm³/mol. The molecule has 0 aliphatic rings. The summed E-state index contributed by atoms with van der Waals surface area (Å²) in [6, 6.07) is 4.93. The molecule has 54 valence electrons. The highest BCUT2D eigenvalue weighted by atomic mass is 19.1. The minimum atomic E-state index is -0.351. The lowest BCUT2D eigenvalue weighted by molar-refractivity contribution is 0.624. The third-order valence-electron chi connectivity index (χ3n) is 1.42. The molecule has 2 aromatic rings. The smallest absolute Gasteiger partial charge is 0.143 e. The molecular formula is C8H5FN2. The zero-order valence-electron chi connectivity index (χ0n) is 5.66. The van der Waals surface area contributed by atoms with Crippen LogP contribution in [0.4, 0.5) is 4.39 Å². The highest BCUT2D eigenvalue weighted by Gasteiger charge is 1.94. The minimum Gasteiger partial charge on any atom is -0.255 e. The fourth-order valence-corrected chi connectivity index (χ4v) is 0.928. The Bertz CT molecular complexity index is 387. The summed E-state index contributed by atoms with van der Waals surface area (Å²) in [6.07, 6.45) is 2.80. The van der Waals surface area contributed by atoms with Crippen LogP contribution in [0.1, 0.15) is 0 Å². The Labute approximate surface area is 62.7 Å². The molecule has 0 radical (unpaired) electrons. The molecule has 2 heterocycles. The van der Waals surface area contributed by atoms with Crippen LogP contribution in [0.25, 0.3) is 11.0 Å². The molecule has 2 nitrogen and oxygen atoms in total. The summed E-state index contributed by atoms with van der Waals surface area (Å²) in [5, 5.41) is 0. The molecule has 0 amide bonds. The van der Waals surface area contributed by atoms with Gasteiger partial charge in [0.25, 0.3) is 0 Å². The Morgan fingerprint density at radius 2 is 2.09 bits per heavy atom. The van der Waals surface area contributed by atoms with Crippen LogP contribution in [0.5, 0.6) is 0 Å². The first-order valence-corrected chi connectivity index (χ1v) is 3.22. The molecule has 0 aliphatic heterocycles. The molecule has 0 aromatic carbocycles. The van der Waals surface area contributed by atoms with E-state index in [0.717, 1.165) is 0 Å². The van der Waals surface area contributed by atoms with Gasteiger partial charge in [-0.15, -0.1) is 0 Å². The Morgan fingerprint density at radius 3 is 3.00 bits per heavy atom. The van der Waals surface area contributed by atoms with Gasteiger partial charge >= 0.3 is 0 Å². The summed E-state index contributed by atoms with van der Waals surface area (Å²) in [6.45, 7) is 0. The van der Waals surface area contributed by atoms with Crippen molar-refractivity contribution < 1.29 is 4.39 Å². The van der Waals surface area contributed by atoms with Crippen molar-refractivity contribution in [3.05, 3.63) is 36.4 Å². The van der Waals surface area contributed by atoms with Crippen molar-refractivity contribution in [3.8, 4) is 0 Å².